The van der Waals surface area contributed by atoms with E-state index in [0.29, 0.717) is 0 Å². The van der Waals surface area contributed by atoms with Gasteiger partial charge in [-0.25, -0.2) is 0 Å². The quantitative estimate of drug-likeness (QED) is 0.706. The van der Waals surface area contributed by atoms with Gasteiger partial charge in [0.05, 0.1) is 0 Å². The van der Waals surface area contributed by atoms with Gasteiger partial charge in [0.1, 0.15) is 0 Å². The first-order valence-corrected chi connectivity index (χ1v) is 5.76. The van der Waals surface area contributed by atoms with Crippen molar-refractivity contribution < 1.29 is 0 Å². The molecule has 0 saturated heterocycles. The average Bonchev–Trinajstić information content (AvgIpc) is 2.23. The zero-order valence-electron chi connectivity index (χ0n) is 8.91. The highest BCUT2D eigenvalue weighted by Gasteiger charge is 2.26. The largest absolute Gasteiger partial charge is 0.385 e. The fourth-order valence-electron chi connectivity index (χ4n) is 2.95. The third-order valence-electron chi connectivity index (χ3n) is 3.83. The standard InChI is InChI=1S/C13H17N.ClH/c1-2-4-13-12(3-1)11-7-5-10(6-8-11)9-14-13;/h1-4,10-11,14H,5-9H2;1H. The maximum absolute atomic E-state index is 3.60. The minimum atomic E-state index is 0. The highest BCUT2D eigenvalue weighted by Crippen LogP contribution is 2.40. The molecule has 2 aliphatic heterocycles. The molecule has 1 aromatic rings. The summed E-state index contributed by atoms with van der Waals surface area (Å²) in [5, 5.41) is 3.60. The molecular formula is C13H18ClN. The van der Waals surface area contributed by atoms with Crippen LogP contribution in [0.15, 0.2) is 24.3 Å². The highest BCUT2D eigenvalue weighted by atomic mass is 35.5. The van der Waals surface area contributed by atoms with Crippen molar-refractivity contribution in [3.63, 3.8) is 0 Å². The molecule has 1 aromatic carbocycles. The number of para-hydroxylation sites is 1. The monoisotopic (exact) mass is 223 g/mol. The Hall–Kier alpha value is -0.690. The summed E-state index contributed by atoms with van der Waals surface area (Å²) in [6.45, 7) is 1.18. The fourth-order valence-corrected chi connectivity index (χ4v) is 2.95. The lowest BCUT2D eigenvalue weighted by Gasteiger charge is -2.34. The Bertz CT molecular complexity index is 329. The van der Waals surface area contributed by atoms with Crippen molar-refractivity contribution in [2.45, 2.75) is 31.6 Å². The molecule has 0 atom stereocenters. The molecule has 0 spiro atoms. The smallest absolute Gasteiger partial charge is 0.0375 e. The number of anilines is 1. The third kappa shape index (κ3) is 1.98. The number of nitrogens with one attached hydrogen (secondary N) is 1. The molecule has 0 radical (unpaired) electrons. The van der Waals surface area contributed by atoms with E-state index in [1.165, 1.54) is 37.9 Å². The van der Waals surface area contributed by atoms with Gasteiger partial charge in [-0.15, -0.1) is 12.4 Å². The second kappa shape index (κ2) is 4.44. The Morgan fingerprint density at radius 3 is 2.53 bits per heavy atom. The molecule has 1 aliphatic carbocycles. The van der Waals surface area contributed by atoms with Crippen molar-refractivity contribution in [3.8, 4) is 0 Å². The second-order valence-electron chi connectivity index (χ2n) is 4.69. The van der Waals surface area contributed by atoms with Crippen molar-refractivity contribution in [1.29, 1.82) is 0 Å². The predicted molar refractivity (Wildman–Crippen MR) is 66.9 cm³/mol. The first kappa shape index (κ1) is 10.8. The summed E-state index contributed by atoms with van der Waals surface area (Å²) in [4.78, 5) is 0. The summed E-state index contributed by atoms with van der Waals surface area (Å²) < 4.78 is 0. The van der Waals surface area contributed by atoms with Gasteiger partial charge in [0.25, 0.3) is 0 Å². The number of hydrogen-bond acceptors (Lipinski definition) is 1. The van der Waals surface area contributed by atoms with Crippen LogP contribution in [0.25, 0.3) is 0 Å². The molecule has 0 unspecified atom stereocenters. The molecule has 1 fully saturated rings. The summed E-state index contributed by atoms with van der Waals surface area (Å²) in [7, 11) is 0. The van der Waals surface area contributed by atoms with Crippen LogP contribution in [0.2, 0.25) is 0 Å². The first-order valence-electron chi connectivity index (χ1n) is 5.76. The molecule has 1 saturated carbocycles. The summed E-state index contributed by atoms with van der Waals surface area (Å²) in [5.74, 6) is 1.76. The molecule has 2 heterocycles. The molecule has 1 nitrogen and oxygen atoms in total. The fraction of sp³-hybridized carbons (Fsp3) is 0.538. The number of halogens is 1. The minimum Gasteiger partial charge on any atom is -0.385 e. The summed E-state index contributed by atoms with van der Waals surface area (Å²) in [5.41, 5.74) is 2.95. The SMILES string of the molecule is Cl.c1ccc2c(c1)NCC1CCC2CC1. The topological polar surface area (TPSA) is 12.0 Å². The van der Waals surface area contributed by atoms with Gasteiger partial charge >= 0.3 is 0 Å². The van der Waals surface area contributed by atoms with Crippen molar-refractivity contribution in [2.75, 3.05) is 11.9 Å². The van der Waals surface area contributed by atoms with Gasteiger partial charge in [-0.3, -0.25) is 0 Å². The third-order valence-corrected chi connectivity index (χ3v) is 3.83. The summed E-state index contributed by atoms with van der Waals surface area (Å²) >= 11 is 0. The second-order valence-corrected chi connectivity index (χ2v) is 4.69. The van der Waals surface area contributed by atoms with Gasteiger partial charge in [-0.1, -0.05) is 18.2 Å². The normalized spacial score (nSPS) is 28.0. The van der Waals surface area contributed by atoms with E-state index in [2.05, 4.69) is 29.6 Å². The lowest BCUT2D eigenvalue weighted by Crippen LogP contribution is -2.24. The molecule has 15 heavy (non-hydrogen) atoms. The minimum absolute atomic E-state index is 0. The van der Waals surface area contributed by atoms with Crippen LogP contribution in [0.5, 0.6) is 0 Å². The van der Waals surface area contributed by atoms with Gasteiger partial charge in [0.15, 0.2) is 0 Å². The zero-order valence-corrected chi connectivity index (χ0v) is 9.72. The van der Waals surface area contributed by atoms with Crippen molar-refractivity contribution in [1.82, 2.24) is 0 Å². The first-order chi connectivity index (χ1) is 6.93. The van der Waals surface area contributed by atoms with E-state index in [-0.39, 0.29) is 12.4 Å². The van der Waals surface area contributed by atoms with Crippen molar-refractivity contribution in [3.05, 3.63) is 29.8 Å². The Morgan fingerprint density at radius 1 is 1.00 bits per heavy atom. The predicted octanol–water partition coefficient (Wildman–Crippen LogP) is 3.81. The molecule has 2 bridgehead atoms. The van der Waals surface area contributed by atoms with Crippen LogP contribution in [0.4, 0.5) is 5.69 Å². The van der Waals surface area contributed by atoms with Crippen LogP contribution in [-0.4, -0.2) is 6.54 Å². The van der Waals surface area contributed by atoms with Gasteiger partial charge in [-0.05, 0) is 49.1 Å². The van der Waals surface area contributed by atoms with Crippen molar-refractivity contribution >= 4 is 18.1 Å². The van der Waals surface area contributed by atoms with Crippen LogP contribution in [-0.2, 0) is 0 Å². The van der Waals surface area contributed by atoms with Crippen LogP contribution in [0.1, 0.15) is 37.2 Å². The van der Waals surface area contributed by atoms with Gasteiger partial charge in [0.2, 0.25) is 0 Å². The average molecular weight is 224 g/mol. The van der Waals surface area contributed by atoms with Crippen LogP contribution >= 0.6 is 12.4 Å². The maximum Gasteiger partial charge on any atom is 0.0375 e. The molecular weight excluding hydrogens is 206 g/mol. The summed E-state index contributed by atoms with van der Waals surface area (Å²) in [6, 6.07) is 8.85. The van der Waals surface area contributed by atoms with E-state index in [4.69, 9.17) is 0 Å². The summed E-state index contributed by atoms with van der Waals surface area (Å²) in [6.07, 6.45) is 5.66. The Kier molecular flexibility index (Phi) is 3.20. The van der Waals surface area contributed by atoms with Crippen LogP contribution < -0.4 is 5.32 Å². The van der Waals surface area contributed by atoms with E-state index in [9.17, 15) is 0 Å². The lowest BCUT2D eigenvalue weighted by atomic mass is 9.77. The molecule has 0 aromatic heterocycles. The van der Waals surface area contributed by atoms with Gasteiger partial charge in [0, 0.05) is 12.2 Å². The van der Waals surface area contributed by atoms with E-state index in [0.717, 1.165) is 11.8 Å². The number of benzene rings is 1. The number of rotatable bonds is 0. The number of fused-ring (bicyclic) bond motifs is 3. The Labute approximate surface area is 97.7 Å². The van der Waals surface area contributed by atoms with E-state index >= 15 is 0 Å². The van der Waals surface area contributed by atoms with E-state index in [1.54, 1.807) is 5.56 Å². The Morgan fingerprint density at radius 2 is 1.73 bits per heavy atom. The lowest BCUT2D eigenvalue weighted by molar-refractivity contribution is 0.332. The molecule has 0 amide bonds. The van der Waals surface area contributed by atoms with E-state index < -0.39 is 0 Å². The Balaban J connectivity index is 0.000000853. The molecule has 4 rings (SSSR count). The maximum atomic E-state index is 3.60. The van der Waals surface area contributed by atoms with Gasteiger partial charge in [-0.2, -0.15) is 0 Å². The van der Waals surface area contributed by atoms with Crippen LogP contribution in [0.3, 0.4) is 0 Å². The molecule has 3 aliphatic rings. The number of hydrogen-bond donors (Lipinski definition) is 1. The van der Waals surface area contributed by atoms with Crippen LogP contribution in [0, 0.1) is 5.92 Å². The molecule has 82 valence electrons. The van der Waals surface area contributed by atoms with Gasteiger partial charge < -0.3 is 5.32 Å². The van der Waals surface area contributed by atoms with Crippen molar-refractivity contribution in [2.24, 2.45) is 5.92 Å². The molecule has 2 heteroatoms. The highest BCUT2D eigenvalue weighted by molar-refractivity contribution is 5.85. The van der Waals surface area contributed by atoms with E-state index in [1.807, 2.05) is 0 Å². The zero-order chi connectivity index (χ0) is 9.38. The molecule has 1 N–H and O–H groups in total.